The van der Waals surface area contributed by atoms with E-state index in [-0.39, 0.29) is 12.0 Å². The lowest BCUT2D eigenvalue weighted by Crippen LogP contribution is -2.48. The van der Waals surface area contributed by atoms with E-state index >= 15 is 0 Å². The molecule has 1 fully saturated rings. The molecular weight excluding hydrogens is 304 g/mol. The van der Waals surface area contributed by atoms with Crippen LogP contribution in [0, 0.1) is 5.41 Å². The van der Waals surface area contributed by atoms with Crippen molar-refractivity contribution in [2.75, 3.05) is 19.8 Å². The van der Waals surface area contributed by atoms with Gasteiger partial charge in [0, 0.05) is 25.8 Å². The van der Waals surface area contributed by atoms with E-state index in [2.05, 4.69) is 22.9 Å². The van der Waals surface area contributed by atoms with E-state index in [1.165, 1.54) is 38.5 Å². The largest absolute Gasteiger partial charge is 0.381 e. The molecule has 6 nitrogen and oxygen atoms in total. The molecule has 0 spiro atoms. The number of guanidine groups is 1. The summed E-state index contributed by atoms with van der Waals surface area (Å²) >= 11 is 0. The molecule has 0 aliphatic heterocycles. The Balaban J connectivity index is 1.96. The third-order valence-electron chi connectivity index (χ3n) is 4.34. The summed E-state index contributed by atoms with van der Waals surface area (Å²) in [7, 11) is 0. The minimum atomic E-state index is -0.301. The summed E-state index contributed by atoms with van der Waals surface area (Å²) in [4.78, 5) is 11.7. The van der Waals surface area contributed by atoms with Gasteiger partial charge in [-0.05, 0) is 32.1 Å². The quantitative estimate of drug-likeness (QED) is 0.212. The van der Waals surface area contributed by atoms with Crippen LogP contribution in [0.1, 0.15) is 77.6 Å². The molecular formula is C18H36N4O2. The molecule has 0 bridgehead atoms. The number of urea groups is 1. The highest BCUT2D eigenvalue weighted by molar-refractivity contribution is 5.94. The van der Waals surface area contributed by atoms with Gasteiger partial charge < -0.3 is 15.4 Å². The van der Waals surface area contributed by atoms with Crippen LogP contribution in [0.15, 0.2) is 0 Å². The standard InChI is InChI=1S/C18H36N4O2/c1-2-3-9-14-24-15-10-8-13-20-18(23)22-17(19)21-16-11-6-4-5-7-12-16/h16H,2-15H2,1H3,(H4,19,20,21,22,23). The molecule has 0 aromatic rings. The molecule has 0 atom stereocenters. The second-order valence-electron chi connectivity index (χ2n) is 6.62. The molecule has 1 rings (SSSR count). The Morgan fingerprint density at radius 2 is 1.71 bits per heavy atom. The van der Waals surface area contributed by atoms with Crippen LogP contribution >= 0.6 is 0 Å². The number of nitrogens with one attached hydrogen (secondary N) is 4. The van der Waals surface area contributed by atoms with Crippen LogP contribution in [0.3, 0.4) is 0 Å². The molecule has 0 unspecified atom stereocenters. The first-order chi connectivity index (χ1) is 11.7. The van der Waals surface area contributed by atoms with E-state index in [1.807, 2.05) is 0 Å². The zero-order chi connectivity index (χ0) is 17.5. The maximum Gasteiger partial charge on any atom is 0.321 e. The molecule has 0 radical (unpaired) electrons. The van der Waals surface area contributed by atoms with E-state index < -0.39 is 0 Å². The van der Waals surface area contributed by atoms with Crippen LogP contribution in [0.25, 0.3) is 0 Å². The summed E-state index contributed by atoms with van der Waals surface area (Å²) in [6, 6.07) is 0.0233. The minimum absolute atomic E-state index is 0.110. The molecule has 0 aromatic heterocycles. The Hall–Kier alpha value is -1.30. The van der Waals surface area contributed by atoms with Gasteiger partial charge >= 0.3 is 6.03 Å². The van der Waals surface area contributed by atoms with Gasteiger partial charge in [0.1, 0.15) is 0 Å². The number of hydrogen-bond donors (Lipinski definition) is 4. The predicted octanol–water partition coefficient (Wildman–Crippen LogP) is 3.52. The second kappa shape index (κ2) is 14.1. The molecule has 24 heavy (non-hydrogen) atoms. The molecule has 4 N–H and O–H groups in total. The summed E-state index contributed by atoms with van der Waals surface area (Å²) in [6.45, 7) is 4.39. The third kappa shape index (κ3) is 11.3. The second-order valence-corrected chi connectivity index (χ2v) is 6.62. The van der Waals surface area contributed by atoms with Gasteiger partial charge in [-0.15, -0.1) is 0 Å². The van der Waals surface area contributed by atoms with Crippen molar-refractivity contribution in [2.45, 2.75) is 83.6 Å². The fourth-order valence-corrected chi connectivity index (χ4v) is 2.91. The SMILES string of the molecule is CCCCCOCCCCNC(=O)NC(=N)NC1CCCCCC1. The number of amides is 2. The highest BCUT2D eigenvalue weighted by Gasteiger charge is 2.13. The lowest BCUT2D eigenvalue weighted by atomic mass is 10.1. The molecule has 140 valence electrons. The van der Waals surface area contributed by atoms with Crippen LogP contribution in [0.2, 0.25) is 0 Å². The summed E-state index contributed by atoms with van der Waals surface area (Å²) in [5, 5.41) is 16.3. The van der Waals surface area contributed by atoms with Gasteiger partial charge in [0.25, 0.3) is 0 Å². The fraction of sp³-hybridized carbons (Fsp3) is 0.889. The van der Waals surface area contributed by atoms with Gasteiger partial charge in [0.2, 0.25) is 0 Å². The van der Waals surface area contributed by atoms with Crippen LogP contribution in [0.4, 0.5) is 4.79 Å². The molecule has 6 heteroatoms. The smallest absolute Gasteiger partial charge is 0.321 e. The summed E-state index contributed by atoms with van der Waals surface area (Å²) in [6.07, 6.45) is 12.6. The van der Waals surface area contributed by atoms with Crippen molar-refractivity contribution in [3.63, 3.8) is 0 Å². The Bertz CT molecular complexity index is 342. The number of rotatable bonds is 10. The van der Waals surface area contributed by atoms with Gasteiger partial charge in [0.05, 0.1) is 0 Å². The van der Waals surface area contributed by atoms with Crippen LogP contribution in [0.5, 0.6) is 0 Å². The maximum atomic E-state index is 11.7. The number of unbranched alkanes of at least 4 members (excludes halogenated alkanes) is 3. The maximum absolute atomic E-state index is 11.7. The van der Waals surface area contributed by atoms with Crippen molar-refractivity contribution in [1.29, 1.82) is 5.41 Å². The number of carbonyl (C=O) groups excluding carboxylic acids is 1. The van der Waals surface area contributed by atoms with Gasteiger partial charge in [-0.1, -0.05) is 45.4 Å². The lowest BCUT2D eigenvalue weighted by Gasteiger charge is -2.18. The monoisotopic (exact) mass is 340 g/mol. The molecule has 0 heterocycles. The van der Waals surface area contributed by atoms with Gasteiger partial charge in [-0.3, -0.25) is 10.7 Å². The average Bonchev–Trinajstić information content (AvgIpc) is 2.81. The highest BCUT2D eigenvalue weighted by atomic mass is 16.5. The Morgan fingerprint density at radius 3 is 2.38 bits per heavy atom. The summed E-state index contributed by atoms with van der Waals surface area (Å²) in [5.41, 5.74) is 0. The van der Waals surface area contributed by atoms with Crippen LogP contribution in [-0.4, -0.2) is 37.8 Å². The van der Waals surface area contributed by atoms with E-state index in [0.29, 0.717) is 12.6 Å². The Kier molecular flexibility index (Phi) is 12.2. The lowest BCUT2D eigenvalue weighted by molar-refractivity contribution is 0.126. The number of hydrogen-bond acceptors (Lipinski definition) is 3. The first kappa shape index (κ1) is 20.7. The third-order valence-corrected chi connectivity index (χ3v) is 4.34. The molecule has 1 saturated carbocycles. The predicted molar refractivity (Wildman–Crippen MR) is 98.5 cm³/mol. The minimum Gasteiger partial charge on any atom is -0.381 e. The number of ether oxygens (including phenoxy) is 1. The average molecular weight is 341 g/mol. The van der Waals surface area contributed by atoms with Crippen molar-refractivity contribution in [2.24, 2.45) is 0 Å². The molecule has 1 aliphatic rings. The van der Waals surface area contributed by atoms with Crippen molar-refractivity contribution in [1.82, 2.24) is 16.0 Å². The summed E-state index contributed by atoms with van der Waals surface area (Å²) in [5.74, 6) is 0.110. The fourth-order valence-electron chi connectivity index (χ4n) is 2.91. The zero-order valence-electron chi connectivity index (χ0n) is 15.3. The van der Waals surface area contributed by atoms with Crippen molar-refractivity contribution in [3.05, 3.63) is 0 Å². The first-order valence-corrected chi connectivity index (χ1v) is 9.70. The number of carbonyl (C=O) groups is 1. The van der Waals surface area contributed by atoms with Gasteiger partial charge in [-0.2, -0.15) is 0 Å². The van der Waals surface area contributed by atoms with E-state index in [0.717, 1.165) is 45.3 Å². The molecule has 2 amide bonds. The molecule has 1 aliphatic carbocycles. The Labute approximate surface area is 147 Å². The highest BCUT2D eigenvalue weighted by Crippen LogP contribution is 2.16. The van der Waals surface area contributed by atoms with E-state index in [1.54, 1.807) is 0 Å². The van der Waals surface area contributed by atoms with Gasteiger partial charge in [-0.25, -0.2) is 4.79 Å². The van der Waals surface area contributed by atoms with Crippen molar-refractivity contribution >= 4 is 12.0 Å². The van der Waals surface area contributed by atoms with E-state index in [9.17, 15) is 4.79 Å². The Morgan fingerprint density at radius 1 is 1.04 bits per heavy atom. The normalized spacial score (nSPS) is 15.5. The molecule has 0 saturated heterocycles. The zero-order valence-corrected chi connectivity index (χ0v) is 15.3. The van der Waals surface area contributed by atoms with Gasteiger partial charge in [0.15, 0.2) is 5.96 Å². The van der Waals surface area contributed by atoms with Crippen LogP contribution < -0.4 is 16.0 Å². The van der Waals surface area contributed by atoms with Crippen molar-refractivity contribution in [3.8, 4) is 0 Å². The summed E-state index contributed by atoms with van der Waals surface area (Å²) < 4.78 is 5.53. The van der Waals surface area contributed by atoms with E-state index in [4.69, 9.17) is 10.1 Å². The molecule has 0 aromatic carbocycles. The van der Waals surface area contributed by atoms with Crippen LogP contribution in [-0.2, 0) is 4.74 Å². The van der Waals surface area contributed by atoms with Crippen molar-refractivity contribution < 1.29 is 9.53 Å². The first-order valence-electron chi connectivity index (χ1n) is 9.70. The topological polar surface area (TPSA) is 86.2 Å².